The van der Waals surface area contributed by atoms with E-state index < -0.39 is 49.9 Å². The minimum absolute atomic E-state index is 0.145. The Morgan fingerprint density at radius 3 is 2.34 bits per heavy atom. The first-order valence-electron chi connectivity index (χ1n) is 12.4. The molecular weight excluding hydrogens is 518 g/mol. The fourth-order valence-electron chi connectivity index (χ4n) is 4.56. The number of fused-ring (bicyclic) bond motifs is 1. The number of carbonyl (C=O) groups is 1. The summed E-state index contributed by atoms with van der Waals surface area (Å²) < 4.78 is 67.5. The van der Waals surface area contributed by atoms with Gasteiger partial charge in [-0.25, -0.2) is 9.18 Å². The van der Waals surface area contributed by atoms with Crippen molar-refractivity contribution in [2.75, 3.05) is 13.7 Å². The zero-order valence-electron chi connectivity index (χ0n) is 22.6. The second-order valence-electron chi connectivity index (χ2n) is 11.7. The molecule has 2 aromatic carbocycles. The molecule has 2 N–H and O–H groups in total. The maximum absolute atomic E-state index is 14.3. The highest BCUT2D eigenvalue weighted by atomic mass is 28.3. The van der Waals surface area contributed by atoms with Gasteiger partial charge >= 0.3 is 12.1 Å². The normalized spacial score (nSPS) is 14.4. The Bertz CT molecular complexity index is 1300. The van der Waals surface area contributed by atoms with Gasteiger partial charge in [0.2, 0.25) is 0 Å². The highest BCUT2D eigenvalue weighted by Crippen LogP contribution is 2.45. The maximum Gasteiger partial charge on any atom is 0.417 e. The van der Waals surface area contributed by atoms with Crippen molar-refractivity contribution in [3.8, 4) is 5.75 Å². The number of aromatic amines is 1. The molecule has 1 heterocycles. The zero-order valence-corrected chi connectivity index (χ0v) is 23.6. The van der Waals surface area contributed by atoms with Crippen molar-refractivity contribution >= 4 is 24.9 Å². The SMILES string of the molecule is COc1ccc(F)cc1C(C)(C)CC(O)(Cc1cc2cc(C(=O)OCC[Si](C)(C)C)ccc2[nH]1)C(F)(F)F. The molecule has 0 saturated heterocycles. The zero-order chi connectivity index (χ0) is 28.5. The number of halogens is 4. The molecule has 1 unspecified atom stereocenters. The Morgan fingerprint density at radius 1 is 1.05 bits per heavy atom. The monoisotopic (exact) mass is 553 g/mol. The second-order valence-corrected chi connectivity index (χ2v) is 17.3. The highest BCUT2D eigenvalue weighted by Gasteiger charge is 2.56. The first kappa shape index (κ1) is 29.7. The number of methoxy groups -OCH3 is 1. The molecule has 0 amide bonds. The second kappa shape index (κ2) is 10.7. The number of carbonyl (C=O) groups excluding carboxylic acids is 1. The van der Waals surface area contributed by atoms with Crippen LogP contribution in [0.4, 0.5) is 17.6 Å². The largest absolute Gasteiger partial charge is 0.496 e. The Morgan fingerprint density at radius 2 is 1.74 bits per heavy atom. The Balaban J connectivity index is 1.87. The number of aromatic nitrogens is 1. The van der Waals surface area contributed by atoms with E-state index in [1.807, 2.05) is 0 Å². The lowest BCUT2D eigenvalue weighted by Gasteiger charge is -2.38. The van der Waals surface area contributed by atoms with E-state index in [-0.39, 0.29) is 17.0 Å². The maximum atomic E-state index is 14.3. The lowest BCUT2D eigenvalue weighted by atomic mass is 9.73. The summed E-state index contributed by atoms with van der Waals surface area (Å²) in [6.45, 7) is 9.85. The number of benzene rings is 2. The molecule has 0 bridgehead atoms. The molecule has 208 valence electrons. The van der Waals surface area contributed by atoms with E-state index >= 15 is 0 Å². The molecule has 0 fully saturated rings. The predicted molar refractivity (Wildman–Crippen MR) is 142 cm³/mol. The quantitative estimate of drug-likeness (QED) is 0.161. The van der Waals surface area contributed by atoms with E-state index in [1.165, 1.54) is 33.1 Å². The molecule has 0 aliphatic heterocycles. The van der Waals surface area contributed by atoms with Crippen LogP contribution in [-0.2, 0) is 16.6 Å². The van der Waals surface area contributed by atoms with E-state index in [0.717, 1.165) is 18.2 Å². The molecule has 3 rings (SSSR count). The van der Waals surface area contributed by atoms with E-state index in [4.69, 9.17) is 9.47 Å². The van der Waals surface area contributed by atoms with Crippen molar-refractivity contribution in [1.29, 1.82) is 0 Å². The number of hydrogen-bond donors (Lipinski definition) is 2. The van der Waals surface area contributed by atoms with Gasteiger partial charge < -0.3 is 19.6 Å². The lowest BCUT2D eigenvalue weighted by Crippen LogP contribution is -2.51. The Hall–Kier alpha value is -2.85. The number of H-pyrrole nitrogens is 1. The van der Waals surface area contributed by atoms with Crippen LogP contribution >= 0.6 is 0 Å². The molecule has 38 heavy (non-hydrogen) atoms. The molecule has 0 radical (unpaired) electrons. The molecule has 10 heteroatoms. The van der Waals surface area contributed by atoms with Gasteiger partial charge in [0.15, 0.2) is 5.60 Å². The minimum atomic E-state index is -4.98. The number of aliphatic hydroxyl groups is 1. The van der Waals surface area contributed by atoms with Gasteiger partial charge in [-0.05, 0) is 60.3 Å². The lowest BCUT2D eigenvalue weighted by molar-refractivity contribution is -0.266. The van der Waals surface area contributed by atoms with Crippen molar-refractivity contribution in [3.05, 3.63) is 65.1 Å². The van der Waals surface area contributed by atoms with Gasteiger partial charge in [-0.1, -0.05) is 33.5 Å². The smallest absolute Gasteiger partial charge is 0.417 e. The third-order valence-corrected chi connectivity index (χ3v) is 8.34. The van der Waals surface area contributed by atoms with Crippen LogP contribution in [0.25, 0.3) is 10.9 Å². The minimum Gasteiger partial charge on any atom is -0.496 e. The van der Waals surface area contributed by atoms with Crippen LogP contribution in [0.5, 0.6) is 5.75 Å². The van der Waals surface area contributed by atoms with Crippen LogP contribution in [0.3, 0.4) is 0 Å². The summed E-state index contributed by atoms with van der Waals surface area (Å²) in [5.41, 5.74) is -3.25. The first-order valence-corrected chi connectivity index (χ1v) is 16.1. The number of nitrogens with one attached hydrogen (secondary N) is 1. The van der Waals surface area contributed by atoms with Gasteiger partial charge in [0.05, 0.1) is 19.3 Å². The summed E-state index contributed by atoms with van der Waals surface area (Å²) in [6, 6.07) is 10.7. The van der Waals surface area contributed by atoms with Gasteiger partial charge in [-0.15, -0.1) is 0 Å². The molecule has 0 spiro atoms. The van der Waals surface area contributed by atoms with Crippen LogP contribution in [0.2, 0.25) is 25.7 Å². The van der Waals surface area contributed by atoms with Crippen molar-refractivity contribution < 1.29 is 36.9 Å². The van der Waals surface area contributed by atoms with Crippen molar-refractivity contribution in [2.45, 2.75) is 69.6 Å². The van der Waals surface area contributed by atoms with Gasteiger partial charge in [-0.2, -0.15) is 13.2 Å². The first-order chi connectivity index (χ1) is 17.4. The van der Waals surface area contributed by atoms with Crippen LogP contribution in [0.1, 0.15) is 41.9 Å². The van der Waals surface area contributed by atoms with E-state index in [0.29, 0.717) is 23.1 Å². The summed E-state index contributed by atoms with van der Waals surface area (Å²) in [7, 11) is -0.0236. The third-order valence-electron chi connectivity index (χ3n) is 6.63. The molecular formula is C28H35F4NO4Si. The average molecular weight is 554 g/mol. The van der Waals surface area contributed by atoms with Crippen LogP contribution < -0.4 is 4.74 Å². The summed E-state index contributed by atoms with van der Waals surface area (Å²) in [5.74, 6) is -0.879. The number of alkyl halides is 3. The fourth-order valence-corrected chi connectivity index (χ4v) is 5.28. The van der Waals surface area contributed by atoms with Gasteiger partial charge in [0.25, 0.3) is 0 Å². The Labute approximate surface area is 221 Å². The van der Waals surface area contributed by atoms with Gasteiger partial charge in [-0.3, -0.25) is 0 Å². The number of hydrogen-bond acceptors (Lipinski definition) is 4. The molecule has 1 aromatic heterocycles. The Kier molecular flexibility index (Phi) is 8.38. The standard InChI is InChI=1S/C28H35F4NO4Si/c1-26(2,22-15-20(29)8-10-24(22)36-3)17-27(35,28(30,31)32)16-21-14-19-13-18(7-9-23(19)33-21)25(34)37-11-12-38(4,5)6/h7-10,13-15,33,35H,11-12,16-17H2,1-6H3. The highest BCUT2D eigenvalue weighted by molar-refractivity contribution is 6.76. The third kappa shape index (κ3) is 6.96. The molecule has 5 nitrogen and oxygen atoms in total. The number of rotatable bonds is 10. The number of ether oxygens (including phenoxy) is 2. The van der Waals surface area contributed by atoms with Crippen LogP contribution in [0, 0.1) is 5.82 Å². The topological polar surface area (TPSA) is 71.6 Å². The fraction of sp³-hybridized carbons (Fsp3) is 0.464. The average Bonchev–Trinajstić information content (AvgIpc) is 3.18. The summed E-state index contributed by atoms with van der Waals surface area (Å²) >= 11 is 0. The molecule has 0 saturated carbocycles. The predicted octanol–water partition coefficient (Wildman–Crippen LogP) is 7.01. The van der Waals surface area contributed by atoms with Crippen molar-refractivity contribution in [2.24, 2.45) is 0 Å². The van der Waals surface area contributed by atoms with Crippen LogP contribution in [-0.4, -0.2) is 49.6 Å². The van der Waals surface area contributed by atoms with Gasteiger partial charge in [0, 0.05) is 36.7 Å². The van der Waals surface area contributed by atoms with E-state index in [9.17, 15) is 27.5 Å². The van der Waals surface area contributed by atoms with Crippen molar-refractivity contribution in [3.63, 3.8) is 0 Å². The molecule has 0 aliphatic rings. The van der Waals surface area contributed by atoms with Crippen LogP contribution in [0.15, 0.2) is 42.5 Å². The van der Waals surface area contributed by atoms with E-state index in [2.05, 4.69) is 24.6 Å². The summed E-state index contributed by atoms with van der Waals surface area (Å²) in [5, 5.41) is 11.5. The summed E-state index contributed by atoms with van der Waals surface area (Å²) in [4.78, 5) is 15.4. The van der Waals surface area contributed by atoms with Crippen molar-refractivity contribution in [1.82, 2.24) is 4.98 Å². The van der Waals surface area contributed by atoms with Gasteiger partial charge in [0.1, 0.15) is 11.6 Å². The molecule has 3 aromatic rings. The number of esters is 1. The molecule has 0 aliphatic carbocycles. The summed E-state index contributed by atoms with van der Waals surface area (Å²) in [6.07, 6.45) is -6.48. The van der Waals surface area contributed by atoms with E-state index in [1.54, 1.807) is 18.2 Å². The molecule has 1 atom stereocenters.